The second-order valence-electron chi connectivity index (χ2n) is 5.42. The molecule has 0 aliphatic carbocycles. The third kappa shape index (κ3) is 2.95. The van der Waals surface area contributed by atoms with E-state index in [1.54, 1.807) is 0 Å². The average Bonchev–Trinajstić information content (AvgIpc) is 2.55. The van der Waals surface area contributed by atoms with E-state index in [-0.39, 0.29) is 22.5 Å². The fraction of sp³-hybridized carbons (Fsp3) is 0.400. The lowest BCUT2D eigenvalue weighted by atomic mass is 9.99. The maximum Gasteiger partial charge on any atom is 0.336 e. The molecule has 1 aromatic heterocycles. The van der Waals surface area contributed by atoms with Gasteiger partial charge in [-0.1, -0.05) is 0 Å². The second-order valence-corrected chi connectivity index (χ2v) is 5.42. The van der Waals surface area contributed by atoms with Crippen molar-refractivity contribution >= 4 is 11.0 Å². The molecule has 5 atom stereocenters. The Morgan fingerprint density at radius 2 is 1.83 bits per heavy atom. The summed E-state index contributed by atoms with van der Waals surface area (Å²) in [4.78, 5) is 11.3. The number of hydrogen-bond donors (Lipinski definition) is 5. The Kier molecular flexibility index (Phi) is 4.43. The lowest BCUT2D eigenvalue weighted by molar-refractivity contribution is -0.277. The average molecular weight is 340 g/mol. The topological polar surface area (TPSA) is 150 Å². The van der Waals surface area contributed by atoms with Gasteiger partial charge in [0.1, 0.15) is 41.5 Å². The number of ether oxygens (including phenoxy) is 2. The van der Waals surface area contributed by atoms with Gasteiger partial charge in [-0.2, -0.15) is 0 Å². The fourth-order valence-corrected chi connectivity index (χ4v) is 2.50. The van der Waals surface area contributed by atoms with Gasteiger partial charge >= 0.3 is 5.63 Å². The van der Waals surface area contributed by atoms with E-state index >= 15 is 0 Å². The van der Waals surface area contributed by atoms with Gasteiger partial charge in [-0.25, -0.2) is 4.79 Å². The molecular weight excluding hydrogens is 324 g/mol. The zero-order chi connectivity index (χ0) is 17.4. The van der Waals surface area contributed by atoms with Crippen molar-refractivity contribution in [3.63, 3.8) is 0 Å². The van der Waals surface area contributed by atoms with Crippen LogP contribution in [0.15, 0.2) is 33.5 Å². The minimum atomic E-state index is -1.59. The van der Waals surface area contributed by atoms with Gasteiger partial charge in [0, 0.05) is 18.2 Å². The van der Waals surface area contributed by atoms with Crippen LogP contribution in [0.3, 0.4) is 0 Å². The van der Waals surface area contributed by atoms with Gasteiger partial charge in [-0.15, -0.1) is 0 Å². The molecule has 2 aromatic rings. The first-order chi connectivity index (χ1) is 11.4. The standard InChI is InChI=1S/C15H16O9/c16-5-10-12(19)13(20)14(21)15(24-10)22-6-3-8(17)7-1-2-11(18)23-9(7)4-6/h1-4,10,12-17,19-21H,5H2/t10-,12-,13+,14-,15-/m1/s1. The quantitative estimate of drug-likeness (QED) is 0.429. The van der Waals surface area contributed by atoms with Crippen LogP contribution in [-0.2, 0) is 4.74 Å². The molecule has 0 spiro atoms. The van der Waals surface area contributed by atoms with Crippen LogP contribution in [-0.4, -0.2) is 62.8 Å². The molecular formula is C15H16O9. The minimum Gasteiger partial charge on any atom is -0.507 e. The Bertz CT molecular complexity index is 784. The number of benzene rings is 1. The Hall–Kier alpha value is -2.17. The molecule has 0 radical (unpaired) electrons. The lowest BCUT2D eigenvalue weighted by Crippen LogP contribution is -2.60. The molecule has 2 heterocycles. The summed E-state index contributed by atoms with van der Waals surface area (Å²) in [7, 11) is 0. The van der Waals surface area contributed by atoms with Gasteiger partial charge in [-0.3, -0.25) is 0 Å². The van der Waals surface area contributed by atoms with Gasteiger partial charge in [0.2, 0.25) is 6.29 Å². The number of phenolic OH excluding ortho intramolecular Hbond substituents is 1. The zero-order valence-corrected chi connectivity index (χ0v) is 12.3. The first-order valence-electron chi connectivity index (χ1n) is 7.15. The molecule has 1 aromatic carbocycles. The molecule has 3 rings (SSSR count). The highest BCUT2D eigenvalue weighted by Gasteiger charge is 2.44. The van der Waals surface area contributed by atoms with Crippen molar-refractivity contribution in [1.29, 1.82) is 0 Å². The number of phenols is 1. The molecule has 9 nitrogen and oxygen atoms in total. The SMILES string of the molecule is O=c1ccc2c(O)cc(O[C@@H]3O[C@H](CO)[C@@H](O)[C@H](O)[C@H]3O)cc2o1. The van der Waals surface area contributed by atoms with Crippen molar-refractivity contribution in [1.82, 2.24) is 0 Å². The van der Waals surface area contributed by atoms with Crippen molar-refractivity contribution in [3.8, 4) is 11.5 Å². The Labute approximate surface area is 134 Å². The molecule has 1 fully saturated rings. The van der Waals surface area contributed by atoms with E-state index in [1.807, 2.05) is 0 Å². The summed E-state index contributed by atoms with van der Waals surface area (Å²) in [5, 5.41) is 48.8. The lowest BCUT2D eigenvalue weighted by Gasteiger charge is -2.39. The summed E-state index contributed by atoms with van der Waals surface area (Å²) in [6.45, 7) is -0.595. The molecule has 5 N–H and O–H groups in total. The predicted molar refractivity (Wildman–Crippen MR) is 78.5 cm³/mol. The van der Waals surface area contributed by atoms with Gasteiger partial charge in [0.15, 0.2) is 0 Å². The minimum absolute atomic E-state index is 0.00122. The van der Waals surface area contributed by atoms with Crippen molar-refractivity contribution in [3.05, 3.63) is 34.7 Å². The Balaban J connectivity index is 1.90. The summed E-state index contributed by atoms with van der Waals surface area (Å²) in [5.41, 5.74) is -0.561. The number of rotatable bonds is 3. The summed E-state index contributed by atoms with van der Waals surface area (Å²) in [6.07, 6.45) is -7.22. The van der Waals surface area contributed by atoms with E-state index in [1.165, 1.54) is 18.2 Å². The molecule has 1 aliphatic heterocycles. The zero-order valence-electron chi connectivity index (χ0n) is 12.3. The molecule has 24 heavy (non-hydrogen) atoms. The summed E-state index contributed by atoms with van der Waals surface area (Å²) in [5.74, 6) is -0.227. The van der Waals surface area contributed by atoms with Crippen LogP contribution in [0, 0.1) is 0 Å². The maximum atomic E-state index is 11.3. The first kappa shape index (κ1) is 16.7. The van der Waals surface area contributed by atoms with Crippen LogP contribution in [0.2, 0.25) is 0 Å². The molecule has 0 unspecified atom stereocenters. The van der Waals surface area contributed by atoms with Gasteiger partial charge in [-0.05, 0) is 6.07 Å². The van der Waals surface area contributed by atoms with Crippen molar-refractivity contribution < 1.29 is 39.4 Å². The molecule has 0 amide bonds. The van der Waals surface area contributed by atoms with Crippen molar-refractivity contribution in [2.24, 2.45) is 0 Å². The van der Waals surface area contributed by atoms with E-state index in [4.69, 9.17) is 19.0 Å². The van der Waals surface area contributed by atoms with Gasteiger partial charge in [0.25, 0.3) is 0 Å². The highest BCUT2D eigenvalue weighted by molar-refractivity contribution is 5.84. The summed E-state index contributed by atoms with van der Waals surface area (Å²) >= 11 is 0. The van der Waals surface area contributed by atoms with E-state index < -0.39 is 42.9 Å². The smallest absolute Gasteiger partial charge is 0.336 e. The monoisotopic (exact) mass is 340 g/mol. The highest BCUT2D eigenvalue weighted by atomic mass is 16.7. The largest absolute Gasteiger partial charge is 0.507 e. The maximum absolute atomic E-state index is 11.3. The summed E-state index contributed by atoms with van der Waals surface area (Å²) in [6, 6.07) is 5.05. The van der Waals surface area contributed by atoms with E-state index in [0.29, 0.717) is 0 Å². The van der Waals surface area contributed by atoms with Crippen molar-refractivity contribution in [2.45, 2.75) is 30.7 Å². The normalized spacial score (nSPS) is 30.4. The van der Waals surface area contributed by atoms with Crippen LogP contribution >= 0.6 is 0 Å². The number of hydrogen-bond acceptors (Lipinski definition) is 9. The van der Waals surface area contributed by atoms with Crippen molar-refractivity contribution in [2.75, 3.05) is 6.61 Å². The van der Waals surface area contributed by atoms with Crippen LogP contribution in [0.4, 0.5) is 0 Å². The highest BCUT2D eigenvalue weighted by Crippen LogP contribution is 2.31. The molecule has 9 heteroatoms. The van der Waals surface area contributed by atoms with E-state index in [0.717, 1.165) is 6.07 Å². The van der Waals surface area contributed by atoms with Crippen LogP contribution in [0.1, 0.15) is 0 Å². The molecule has 0 saturated carbocycles. The summed E-state index contributed by atoms with van der Waals surface area (Å²) < 4.78 is 15.5. The number of aliphatic hydroxyl groups is 4. The number of aliphatic hydroxyl groups excluding tert-OH is 4. The third-order valence-electron chi connectivity index (χ3n) is 3.79. The Morgan fingerprint density at radius 1 is 1.08 bits per heavy atom. The number of aromatic hydroxyl groups is 1. The van der Waals surface area contributed by atoms with E-state index in [2.05, 4.69) is 0 Å². The van der Waals surface area contributed by atoms with Crippen LogP contribution < -0.4 is 10.4 Å². The van der Waals surface area contributed by atoms with E-state index in [9.17, 15) is 25.2 Å². The molecule has 1 aliphatic rings. The molecule has 0 bridgehead atoms. The fourth-order valence-electron chi connectivity index (χ4n) is 2.50. The van der Waals surface area contributed by atoms with Gasteiger partial charge in [0.05, 0.1) is 12.0 Å². The van der Waals surface area contributed by atoms with Crippen LogP contribution in [0.25, 0.3) is 11.0 Å². The molecule has 130 valence electrons. The second kappa shape index (κ2) is 6.38. The first-order valence-corrected chi connectivity index (χ1v) is 7.15. The Morgan fingerprint density at radius 3 is 2.54 bits per heavy atom. The molecule has 1 saturated heterocycles. The predicted octanol–water partition coefficient (Wildman–Crippen LogP) is -1.32. The third-order valence-corrected chi connectivity index (χ3v) is 3.79. The number of fused-ring (bicyclic) bond motifs is 1. The van der Waals surface area contributed by atoms with Gasteiger partial charge < -0.3 is 39.4 Å². The van der Waals surface area contributed by atoms with Crippen LogP contribution in [0.5, 0.6) is 11.5 Å².